The Hall–Kier alpha value is -1.88. The standard InChI is InChI=1S/C15H20N2O3/c1-11(15(19)20-2)16-10-12-5-7-13(8-6-12)17-9-3-4-14(17)18/h5-8,11,16H,3-4,9-10H2,1-2H3. The Kier molecular flexibility index (Phi) is 4.74. The van der Waals surface area contributed by atoms with Gasteiger partial charge in [0.15, 0.2) is 0 Å². The molecule has 1 atom stereocenters. The molecular formula is C15H20N2O3. The number of carbonyl (C=O) groups excluding carboxylic acids is 2. The third-order valence-corrected chi connectivity index (χ3v) is 3.49. The molecule has 5 heteroatoms. The van der Waals surface area contributed by atoms with Crippen LogP contribution >= 0.6 is 0 Å². The van der Waals surface area contributed by atoms with Crippen molar-refractivity contribution in [2.75, 3.05) is 18.6 Å². The molecule has 108 valence electrons. The third-order valence-electron chi connectivity index (χ3n) is 3.49. The molecule has 1 N–H and O–H groups in total. The average molecular weight is 276 g/mol. The molecule has 0 radical (unpaired) electrons. The second-order valence-corrected chi connectivity index (χ2v) is 4.94. The number of rotatable bonds is 5. The van der Waals surface area contributed by atoms with Gasteiger partial charge in [0, 0.05) is 25.2 Å². The van der Waals surface area contributed by atoms with Crippen LogP contribution in [0.3, 0.4) is 0 Å². The Bertz CT molecular complexity index is 484. The molecule has 1 aliphatic rings. The molecule has 1 amide bonds. The van der Waals surface area contributed by atoms with Crippen LogP contribution in [0.25, 0.3) is 0 Å². The number of carbonyl (C=O) groups is 2. The molecule has 1 aliphatic heterocycles. The van der Waals surface area contributed by atoms with Crippen LogP contribution in [0.5, 0.6) is 0 Å². The highest BCUT2D eigenvalue weighted by Gasteiger charge is 2.21. The number of amides is 1. The molecule has 1 heterocycles. The van der Waals surface area contributed by atoms with E-state index in [9.17, 15) is 9.59 Å². The van der Waals surface area contributed by atoms with E-state index in [1.807, 2.05) is 29.2 Å². The second kappa shape index (κ2) is 6.52. The first-order chi connectivity index (χ1) is 9.61. The lowest BCUT2D eigenvalue weighted by molar-refractivity contribution is -0.142. The van der Waals surface area contributed by atoms with Gasteiger partial charge in [-0.3, -0.25) is 9.59 Å². The number of benzene rings is 1. The van der Waals surface area contributed by atoms with Gasteiger partial charge in [-0.2, -0.15) is 0 Å². The van der Waals surface area contributed by atoms with Crippen LogP contribution in [0.15, 0.2) is 24.3 Å². The quantitative estimate of drug-likeness (QED) is 0.827. The minimum Gasteiger partial charge on any atom is -0.468 e. The van der Waals surface area contributed by atoms with Crippen molar-refractivity contribution in [1.29, 1.82) is 0 Å². The number of nitrogens with zero attached hydrogens (tertiary/aromatic N) is 1. The van der Waals surface area contributed by atoms with E-state index < -0.39 is 0 Å². The predicted octanol–water partition coefficient (Wildman–Crippen LogP) is 1.46. The van der Waals surface area contributed by atoms with Gasteiger partial charge in [0.25, 0.3) is 0 Å². The van der Waals surface area contributed by atoms with E-state index in [4.69, 9.17) is 0 Å². The fraction of sp³-hybridized carbons (Fsp3) is 0.467. The van der Waals surface area contributed by atoms with Crippen LogP contribution in [0, 0.1) is 0 Å². The molecule has 1 unspecified atom stereocenters. The molecule has 0 spiro atoms. The molecule has 2 rings (SSSR count). The van der Waals surface area contributed by atoms with Gasteiger partial charge in [0.05, 0.1) is 7.11 Å². The molecule has 1 fully saturated rings. The number of nitrogens with one attached hydrogen (secondary N) is 1. The van der Waals surface area contributed by atoms with Crippen molar-refractivity contribution in [2.45, 2.75) is 32.4 Å². The molecular weight excluding hydrogens is 256 g/mol. The van der Waals surface area contributed by atoms with Gasteiger partial charge in [-0.1, -0.05) is 12.1 Å². The minimum absolute atomic E-state index is 0.190. The summed E-state index contributed by atoms with van der Waals surface area (Å²) in [6.45, 7) is 3.16. The molecule has 1 saturated heterocycles. The van der Waals surface area contributed by atoms with E-state index in [2.05, 4.69) is 10.1 Å². The monoisotopic (exact) mass is 276 g/mol. The molecule has 5 nitrogen and oxygen atoms in total. The Balaban J connectivity index is 1.91. The van der Waals surface area contributed by atoms with Crippen molar-refractivity contribution in [3.8, 4) is 0 Å². The molecule has 0 aliphatic carbocycles. The van der Waals surface area contributed by atoms with E-state index in [1.54, 1.807) is 6.92 Å². The van der Waals surface area contributed by atoms with Gasteiger partial charge in [-0.25, -0.2) is 0 Å². The van der Waals surface area contributed by atoms with Crippen molar-refractivity contribution in [3.05, 3.63) is 29.8 Å². The largest absolute Gasteiger partial charge is 0.468 e. The zero-order chi connectivity index (χ0) is 14.5. The van der Waals surface area contributed by atoms with Crippen molar-refractivity contribution >= 4 is 17.6 Å². The van der Waals surface area contributed by atoms with Crippen molar-refractivity contribution in [2.24, 2.45) is 0 Å². The molecule has 1 aromatic carbocycles. The van der Waals surface area contributed by atoms with E-state index in [0.29, 0.717) is 13.0 Å². The summed E-state index contributed by atoms with van der Waals surface area (Å²) in [5.74, 6) is -0.0838. The lowest BCUT2D eigenvalue weighted by Gasteiger charge is -2.16. The summed E-state index contributed by atoms with van der Waals surface area (Å²) in [4.78, 5) is 24.7. The molecule has 1 aromatic rings. The molecule has 0 aromatic heterocycles. The summed E-state index contributed by atoms with van der Waals surface area (Å²) >= 11 is 0. The second-order valence-electron chi connectivity index (χ2n) is 4.94. The van der Waals surface area contributed by atoms with Gasteiger partial charge in [-0.15, -0.1) is 0 Å². The van der Waals surface area contributed by atoms with Crippen LogP contribution in [0.4, 0.5) is 5.69 Å². The fourth-order valence-corrected chi connectivity index (χ4v) is 2.25. The zero-order valence-electron chi connectivity index (χ0n) is 11.9. The summed E-state index contributed by atoms with van der Waals surface area (Å²) in [7, 11) is 1.38. The van der Waals surface area contributed by atoms with E-state index in [1.165, 1.54) is 7.11 Å². The lowest BCUT2D eigenvalue weighted by atomic mass is 10.2. The highest BCUT2D eigenvalue weighted by molar-refractivity contribution is 5.95. The number of methoxy groups -OCH3 is 1. The minimum atomic E-state index is -0.333. The first-order valence-electron chi connectivity index (χ1n) is 6.82. The van der Waals surface area contributed by atoms with Gasteiger partial charge in [-0.05, 0) is 31.0 Å². The van der Waals surface area contributed by atoms with Gasteiger partial charge >= 0.3 is 5.97 Å². The Labute approximate surface area is 118 Å². The van der Waals surface area contributed by atoms with Crippen LogP contribution in [0.1, 0.15) is 25.3 Å². The van der Waals surface area contributed by atoms with Crippen molar-refractivity contribution in [1.82, 2.24) is 5.32 Å². The molecule has 20 heavy (non-hydrogen) atoms. The number of esters is 1. The van der Waals surface area contributed by atoms with Crippen LogP contribution < -0.4 is 10.2 Å². The van der Waals surface area contributed by atoms with Crippen molar-refractivity contribution < 1.29 is 14.3 Å². The topological polar surface area (TPSA) is 58.6 Å². The maximum Gasteiger partial charge on any atom is 0.322 e. The Morgan fingerprint density at radius 3 is 2.65 bits per heavy atom. The van der Waals surface area contributed by atoms with Gasteiger partial charge < -0.3 is 15.0 Å². The van der Waals surface area contributed by atoms with E-state index >= 15 is 0 Å². The Morgan fingerprint density at radius 2 is 2.10 bits per heavy atom. The van der Waals surface area contributed by atoms with Crippen LogP contribution in [-0.4, -0.2) is 31.6 Å². The molecule has 0 bridgehead atoms. The normalized spacial score (nSPS) is 16.3. The van der Waals surface area contributed by atoms with Crippen molar-refractivity contribution in [3.63, 3.8) is 0 Å². The first kappa shape index (κ1) is 14.5. The maximum absolute atomic E-state index is 11.6. The SMILES string of the molecule is COC(=O)C(C)NCc1ccc(N2CCCC2=O)cc1. The van der Waals surface area contributed by atoms with E-state index in [0.717, 1.165) is 24.2 Å². The van der Waals surface area contributed by atoms with Crippen LogP contribution in [-0.2, 0) is 20.9 Å². The summed E-state index contributed by atoms with van der Waals surface area (Å²) in [5, 5.41) is 3.09. The predicted molar refractivity (Wildman–Crippen MR) is 76.3 cm³/mol. The van der Waals surface area contributed by atoms with Crippen LogP contribution in [0.2, 0.25) is 0 Å². The summed E-state index contributed by atoms with van der Waals surface area (Å²) in [6.07, 6.45) is 1.57. The maximum atomic E-state index is 11.6. The lowest BCUT2D eigenvalue weighted by Crippen LogP contribution is -2.34. The first-order valence-corrected chi connectivity index (χ1v) is 6.82. The fourth-order valence-electron chi connectivity index (χ4n) is 2.25. The number of hydrogen-bond donors (Lipinski definition) is 1. The summed E-state index contributed by atoms with van der Waals surface area (Å²) in [6, 6.07) is 7.50. The smallest absolute Gasteiger partial charge is 0.322 e. The third kappa shape index (κ3) is 3.36. The van der Waals surface area contributed by atoms with E-state index in [-0.39, 0.29) is 17.9 Å². The highest BCUT2D eigenvalue weighted by Crippen LogP contribution is 2.21. The summed E-state index contributed by atoms with van der Waals surface area (Å²) in [5.41, 5.74) is 2.01. The zero-order valence-corrected chi connectivity index (χ0v) is 11.9. The highest BCUT2D eigenvalue weighted by atomic mass is 16.5. The Morgan fingerprint density at radius 1 is 1.40 bits per heavy atom. The number of anilines is 1. The van der Waals surface area contributed by atoms with Gasteiger partial charge in [0.1, 0.15) is 6.04 Å². The number of ether oxygens (including phenoxy) is 1. The van der Waals surface area contributed by atoms with Gasteiger partial charge in [0.2, 0.25) is 5.91 Å². The summed E-state index contributed by atoms with van der Waals surface area (Å²) < 4.78 is 4.65. The average Bonchev–Trinajstić information content (AvgIpc) is 2.90. The number of hydrogen-bond acceptors (Lipinski definition) is 4. The molecule has 0 saturated carbocycles.